The SMILES string of the molecule is O[C@H]1CC[C@@](c2ccc(Cl)c(Cl)c2)(C2CCCC2)CC1. The maximum Gasteiger partial charge on any atom is 0.0595 e. The number of rotatable bonds is 2. The normalized spacial score (nSPS) is 31.6. The lowest BCUT2D eigenvalue weighted by Gasteiger charge is -2.44. The highest BCUT2D eigenvalue weighted by molar-refractivity contribution is 6.42. The third-order valence-electron chi connectivity index (χ3n) is 5.48. The Bertz CT molecular complexity index is 472. The Balaban J connectivity index is 1.97. The minimum Gasteiger partial charge on any atom is -0.393 e. The number of aliphatic hydroxyl groups excluding tert-OH is 1. The lowest BCUT2D eigenvalue weighted by atomic mass is 9.61. The second kappa shape index (κ2) is 5.87. The van der Waals surface area contributed by atoms with E-state index in [0.717, 1.165) is 31.6 Å². The second-order valence-electron chi connectivity index (χ2n) is 6.50. The van der Waals surface area contributed by atoms with Gasteiger partial charge in [-0.15, -0.1) is 0 Å². The molecule has 0 aromatic heterocycles. The van der Waals surface area contributed by atoms with Crippen LogP contribution >= 0.6 is 23.2 Å². The molecule has 0 heterocycles. The van der Waals surface area contributed by atoms with Crippen LogP contribution in [-0.2, 0) is 5.41 Å². The summed E-state index contributed by atoms with van der Waals surface area (Å²) in [5.41, 5.74) is 1.55. The van der Waals surface area contributed by atoms with Crippen LogP contribution in [0.1, 0.15) is 56.9 Å². The Morgan fingerprint density at radius 3 is 2.20 bits per heavy atom. The molecule has 3 rings (SSSR count). The molecule has 0 atom stereocenters. The van der Waals surface area contributed by atoms with Gasteiger partial charge in [0.05, 0.1) is 16.1 Å². The topological polar surface area (TPSA) is 20.2 Å². The summed E-state index contributed by atoms with van der Waals surface area (Å²) in [5.74, 6) is 0.743. The molecule has 1 N–H and O–H groups in total. The van der Waals surface area contributed by atoms with Crippen molar-refractivity contribution in [3.8, 4) is 0 Å². The van der Waals surface area contributed by atoms with Crippen LogP contribution in [0.15, 0.2) is 18.2 Å². The first kappa shape index (κ1) is 14.7. The summed E-state index contributed by atoms with van der Waals surface area (Å²) in [4.78, 5) is 0. The van der Waals surface area contributed by atoms with Crippen molar-refractivity contribution in [2.75, 3.05) is 0 Å². The summed E-state index contributed by atoms with van der Waals surface area (Å²) < 4.78 is 0. The first-order valence-corrected chi connectivity index (χ1v) is 8.51. The summed E-state index contributed by atoms with van der Waals surface area (Å²) >= 11 is 12.3. The van der Waals surface area contributed by atoms with Crippen LogP contribution in [0.4, 0.5) is 0 Å². The lowest BCUT2D eigenvalue weighted by Crippen LogP contribution is -2.39. The highest BCUT2D eigenvalue weighted by Crippen LogP contribution is 2.51. The standard InChI is InChI=1S/C17H22Cl2O/c18-15-6-5-13(11-16(15)19)17(12-3-1-2-4-12)9-7-14(20)8-10-17/h5-6,11-12,14,20H,1-4,7-10H2/t14-,17-. The van der Waals surface area contributed by atoms with E-state index in [1.807, 2.05) is 6.07 Å². The molecule has 1 aromatic carbocycles. The molecule has 2 aliphatic carbocycles. The zero-order valence-electron chi connectivity index (χ0n) is 11.7. The van der Waals surface area contributed by atoms with Gasteiger partial charge in [-0.2, -0.15) is 0 Å². The summed E-state index contributed by atoms with van der Waals surface area (Å²) in [7, 11) is 0. The zero-order chi connectivity index (χ0) is 14.2. The molecule has 3 heteroatoms. The average Bonchev–Trinajstić information content (AvgIpc) is 2.98. The molecule has 0 saturated heterocycles. The summed E-state index contributed by atoms with van der Waals surface area (Å²) in [6.07, 6.45) is 9.19. The van der Waals surface area contributed by atoms with Gasteiger partial charge in [0.2, 0.25) is 0 Å². The van der Waals surface area contributed by atoms with Crippen molar-refractivity contribution in [1.82, 2.24) is 0 Å². The number of benzene rings is 1. The van der Waals surface area contributed by atoms with Gasteiger partial charge in [0.1, 0.15) is 0 Å². The zero-order valence-corrected chi connectivity index (χ0v) is 13.3. The van der Waals surface area contributed by atoms with E-state index in [0.29, 0.717) is 10.0 Å². The molecule has 0 amide bonds. The van der Waals surface area contributed by atoms with E-state index in [9.17, 15) is 5.11 Å². The van der Waals surface area contributed by atoms with Gasteiger partial charge in [0.15, 0.2) is 0 Å². The van der Waals surface area contributed by atoms with Gasteiger partial charge in [-0.25, -0.2) is 0 Å². The number of aliphatic hydroxyl groups is 1. The Kier molecular flexibility index (Phi) is 4.31. The molecule has 0 spiro atoms. The van der Waals surface area contributed by atoms with Gasteiger partial charge in [-0.05, 0) is 67.6 Å². The van der Waals surface area contributed by atoms with Crippen molar-refractivity contribution in [3.63, 3.8) is 0 Å². The molecular formula is C17H22Cl2O. The van der Waals surface area contributed by atoms with Gasteiger partial charge in [-0.3, -0.25) is 0 Å². The first-order valence-electron chi connectivity index (χ1n) is 7.75. The van der Waals surface area contributed by atoms with Crippen molar-refractivity contribution in [1.29, 1.82) is 0 Å². The molecule has 2 fully saturated rings. The van der Waals surface area contributed by atoms with Gasteiger partial charge in [-0.1, -0.05) is 42.1 Å². The van der Waals surface area contributed by atoms with E-state index in [-0.39, 0.29) is 11.5 Å². The van der Waals surface area contributed by atoms with Gasteiger partial charge >= 0.3 is 0 Å². The van der Waals surface area contributed by atoms with Crippen LogP contribution in [0.25, 0.3) is 0 Å². The predicted molar refractivity (Wildman–Crippen MR) is 84.6 cm³/mol. The summed E-state index contributed by atoms with van der Waals surface area (Å²) in [6, 6.07) is 6.16. The largest absolute Gasteiger partial charge is 0.393 e. The molecule has 1 aromatic rings. The minimum atomic E-state index is -0.118. The molecular weight excluding hydrogens is 291 g/mol. The van der Waals surface area contributed by atoms with Crippen molar-refractivity contribution in [2.45, 2.75) is 62.9 Å². The first-order chi connectivity index (χ1) is 9.62. The van der Waals surface area contributed by atoms with E-state index in [1.54, 1.807) is 0 Å². The van der Waals surface area contributed by atoms with Crippen LogP contribution in [-0.4, -0.2) is 11.2 Å². The molecule has 2 aliphatic rings. The molecule has 0 aliphatic heterocycles. The van der Waals surface area contributed by atoms with Crippen molar-refractivity contribution >= 4 is 23.2 Å². The smallest absolute Gasteiger partial charge is 0.0595 e. The van der Waals surface area contributed by atoms with Crippen LogP contribution in [0, 0.1) is 5.92 Å². The molecule has 20 heavy (non-hydrogen) atoms. The third kappa shape index (κ3) is 2.61. The van der Waals surface area contributed by atoms with E-state index in [2.05, 4.69) is 12.1 Å². The number of hydrogen-bond acceptors (Lipinski definition) is 1. The summed E-state index contributed by atoms with van der Waals surface area (Å²) in [5, 5.41) is 11.2. The Hall–Kier alpha value is -0.240. The quantitative estimate of drug-likeness (QED) is 0.779. The lowest BCUT2D eigenvalue weighted by molar-refractivity contribution is 0.0718. The Morgan fingerprint density at radius 1 is 0.950 bits per heavy atom. The van der Waals surface area contributed by atoms with E-state index in [1.165, 1.54) is 31.2 Å². The fourth-order valence-corrected chi connectivity index (χ4v) is 4.63. The monoisotopic (exact) mass is 312 g/mol. The fourth-order valence-electron chi connectivity index (χ4n) is 4.33. The van der Waals surface area contributed by atoms with Crippen molar-refractivity contribution in [2.24, 2.45) is 5.92 Å². The highest BCUT2D eigenvalue weighted by atomic mass is 35.5. The molecule has 110 valence electrons. The fraction of sp³-hybridized carbons (Fsp3) is 0.647. The van der Waals surface area contributed by atoms with Crippen LogP contribution in [0.5, 0.6) is 0 Å². The Labute approximate surface area is 131 Å². The highest BCUT2D eigenvalue weighted by Gasteiger charge is 2.43. The van der Waals surface area contributed by atoms with Crippen LogP contribution in [0.3, 0.4) is 0 Å². The van der Waals surface area contributed by atoms with Crippen molar-refractivity contribution in [3.05, 3.63) is 33.8 Å². The maximum absolute atomic E-state index is 9.88. The molecule has 1 nitrogen and oxygen atoms in total. The summed E-state index contributed by atoms with van der Waals surface area (Å²) in [6.45, 7) is 0. The second-order valence-corrected chi connectivity index (χ2v) is 7.31. The number of hydrogen-bond donors (Lipinski definition) is 1. The van der Waals surface area contributed by atoms with Gasteiger partial charge in [0, 0.05) is 0 Å². The van der Waals surface area contributed by atoms with E-state index in [4.69, 9.17) is 23.2 Å². The van der Waals surface area contributed by atoms with Gasteiger partial charge < -0.3 is 5.11 Å². The van der Waals surface area contributed by atoms with Crippen LogP contribution < -0.4 is 0 Å². The minimum absolute atomic E-state index is 0.118. The maximum atomic E-state index is 9.88. The van der Waals surface area contributed by atoms with Gasteiger partial charge in [0.25, 0.3) is 0 Å². The molecule has 0 unspecified atom stereocenters. The van der Waals surface area contributed by atoms with E-state index >= 15 is 0 Å². The molecule has 0 radical (unpaired) electrons. The average molecular weight is 313 g/mol. The Morgan fingerprint density at radius 2 is 1.60 bits per heavy atom. The third-order valence-corrected chi connectivity index (χ3v) is 6.22. The van der Waals surface area contributed by atoms with Crippen LogP contribution in [0.2, 0.25) is 10.0 Å². The molecule has 2 saturated carbocycles. The molecule has 0 bridgehead atoms. The van der Waals surface area contributed by atoms with E-state index < -0.39 is 0 Å². The predicted octanol–water partition coefficient (Wildman–Crippen LogP) is 5.36. The van der Waals surface area contributed by atoms with Crippen molar-refractivity contribution < 1.29 is 5.11 Å². The number of halogens is 2.